The third-order valence-corrected chi connectivity index (χ3v) is 4.13. The number of non-ortho nitro benzene ring substituents is 1. The van der Waals surface area contributed by atoms with E-state index in [1.807, 2.05) is 0 Å². The monoisotopic (exact) mass is 423 g/mol. The molecule has 0 saturated carbocycles. The quantitative estimate of drug-likeness (QED) is 0.210. The molecule has 0 aliphatic heterocycles. The molecule has 150 valence electrons. The number of hydrazone groups is 1. The number of ether oxygens (including phenoxy) is 1. The van der Waals surface area contributed by atoms with Crippen molar-refractivity contribution < 1.29 is 19.2 Å². The minimum Gasteiger partial charge on any atom is -0.422 e. The van der Waals surface area contributed by atoms with E-state index in [-0.39, 0.29) is 17.0 Å². The minimum absolute atomic E-state index is 0.126. The molecule has 3 rings (SSSR count). The summed E-state index contributed by atoms with van der Waals surface area (Å²) in [7, 11) is 0. The van der Waals surface area contributed by atoms with E-state index in [1.54, 1.807) is 36.4 Å². The number of nitrogens with zero attached hydrogens (tertiary/aromatic N) is 2. The van der Waals surface area contributed by atoms with Crippen LogP contribution in [0.1, 0.15) is 26.3 Å². The van der Waals surface area contributed by atoms with Gasteiger partial charge in [-0.2, -0.15) is 5.10 Å². The number of rotatable bonds is 6. The Kier molecular flexibility index (Phi) is 6.51. The second kappa shape index (κ2) is 9.44. The van der Waals surface area contributed by atoms with Crippen molar-refractivity contribution in [3.8, 4) is 5.75 Å². The molecule has 0 aromatic heterocycles. The highest BCUT2D eigenvalue weighted by atomic mass is 35.5. The van der Waals surface area contributed by atoms with E-state index in [0.717, 1.165) is 0 Å². The molecule has 3 aromatic carbocycles. The smallest absolute Gasteiger partial charge is 0.343 e. The van der Waals surface area contributed by atoms with Gasteiger partial charge in [0.15, 0.2) is 0 Å². The number of nitro groups is 1. The minimum atomic E-state index is -0.564. The van der Waals surface area contributed by atoms with Crippen molar-refractivity contribution in [1.82, 2.24) is 5.43 Å². The molecule has 0 fully saturated rings. The van der Waals surface area contributed by atoms with Crippen molar-refractivity contribution >= 4 is 35.4 Å². The Morgan fingerprint density at radius 3 is 2.37 bits per heavy atom. The summed E-state index contributed by atoms with van der Waals surface area (Å²) in [6.07, 6.45) is 1.28. The molecule has 1 amide bonds. The number of hydrogen-bond acceptors (Lipinski definition) is 6. The summed E-state index contributed by atoms with van der Waals surface area (Å²) in [6, 6.07) is 18.1. The lowest BCUT2D eigenvalue weighted by molar-refractivity contribution is -0.384. The average Bonchev–Trinajstić information content (AvgIpc) is 2.76. The summed E-state index contributed by atoms with van der Waals surface area (Å²) in [4.78, 5) is 34.5. The number of hydrogen-bond donors (Lipinski definition) is 1. The SMILES string of the molecule is O=C(N/N=C/c1cc(Cl)ccc1OC(=O)c1ccccc1)c1ccc([N+](=O)[O-])cc1. The molecule has 0 bridgehead atoms. The fourth-order valence-electron chi connectivity index (χ4n) is 2.41. The zero-order valence-electron chi connectivity index (χ0n) is 15.3. The second-order valence-corrected chi connectivity index (χ2v) is 6.38. The highest BCUT2D eigenvalue weighted by Crippen LogP contribution is 2.22. The standard InChI is InChI=1S/C21H14ClN3O5/c22-17-8-11-19(30-21(27)15-4-2-1-3-5-15)16(12-17)13-23-24-20(26)14-6-9-18(10-7-14)25(28)29/h1-13H,(H,24,26)/b23-13+. The van der Waals surface area contributed by atoms with Gasteiger partial charge in [-0.25, -0.2) is 10.2 Å². The molecule has 0 radical (unpaired) electrons. The molecule has 0 unspecified atom stereocenters. The van der Waals surface area contributed by atoms with Crippen LogP contribution in [0.15, 0.2) is 77.9 Å². The summed E-state index contributed by atoms with van der Waals surface area (Å²) in [5, 5.41) is 14.9. The lowest BCUT2D eigenvalue weighted by Gasteiger charge is -2.08. The molecule has 0 aliphatic carbocycles. The Morgan fingerprint density at radius 2 is 1.70 bits per heavy atom. The zero-order valence-corrected chi connectivity index (χ0v) is 16.1. The van der Waals surface area contributed by atoms with Crippen LogP contribution >= 0.6 is 11.6 Å². The number of benzene rings is 3. The van der Waals surface area contributed by atoms with Crippen LogP contribution < -0.4 is 10.2 Å². The predicted octanol–water partition coefficient (Wildman–Crippen LogP) is 4.23. The molecule has 0 atom stereocenters. The van der Waals surface area contributed by atoms with Gasteiger partial charge in [-0.1, -0.05) is 29.8 Å². The highest BCUT2D eigenvalue weighted by Gasteiger charge is 2.12. The van der Waals surface area contributed by atoms with Gasteiger partial charge in [-0.15, -0.1) is 0 Å². The Morgan fingerprint density at radius 1 is 1.00 bits per heavy atom. The van der Waals surface area contributed by atoms with E-state index in [9.17, 15) is 19.7 Å². The maximum Gasteiger partial charge on any atom is 0.343 e. The first-order valence-corrected chi connectivity index (χ1v) is 8.96. The summed E-state index contributed by atoms with van der Waals surface area (Å²) >= 11 is 6.00. The third kappa shape index (κ3) is 5.27. The number of nitrogens with one attached hydrogen (secondary N) is 1. The van der Waals surface area contributed by atoms with Crippen molar-refractivity contribution in [2.75, 3.05) is 0 Å². The number of esters is 1. The van der Waals surface area contributed by atoms with Crippen molar-refractivity contribution in [3.63, 3.8) is 0 Å². The van der Waals surface area contributed by atoms with E-state index in [1.165, 1.54) is 42.6 Å². The lowest BCUT2D eigenvalue weighted by Crippen LogP contribution is -2.17. The van der Waals surface area contributed by atoms with Crippen LogP contribution in [-0.2, 0) is 0 Å². The van der Waals surface area contributed by atoms with Crippen molar-refractivity contribution in [1.29, 1.82) is 0 Å². The molecular formula is C21H14ClN3O5. The van der Waals surface area contributed by atoms with Crippen LogP contribution in [0, 0.1) is 10.1 Å². The van der Waals surface area contributed by atoms with E-state index >= 15 is 0 Å². The average molecular weight is 424 g/mol. The Hall–Kier alpha value is -4.04. The first kappa shape index (κ1) is 20.7. The maximum absolute atomic E-state index is 12.3. The number of nitro benzene ring substituents is 1. The first-order valence-electron chi connectivity index (χ1n) is 8.58. The molecular weight excluding hydrogens is 410 g/mol. The van der Waals surface area contributed by atoms with Gasteiger partial charge < -0.3 is 4.74 Å². The topological polar surface area (TPSA) is 111 Å². The predicted molar refractivity (Wildman–Crippen MR) is 111 cm³/mol. The Balaban J connectivity index is 1.71. The Labute approximate surface area is 175 Å². The molecule has 0 aliphatic rings. The van der Waals surface area contributed by atoms with Gasteiger partial charge in [0.2, 0.25) is 0 Å². The van der Waals surface area contributed by atoms with Crippen LogP contribution in [0.25, 0.3) is 0 Å². The van der Waals surface area contributed by atoms with Crippen LogP contribution in [-0.4, -0.2) is 23.0 Å². The molecule has 8 nitrogen and oxygen atoms in total. The van der Waals surface area contributed by atoms with E-state index in [4.69, 9.17) is 16.3 Å². The molecule has 30 heavy (non-hydrogen) atoms. The summed E-state index contributed by atoms with van der Waals surface area (Å²) < 4.78 is 5.40. The van der Waals surface area contributed by atoms with E-state index in [2.05, 4.69) is 10.5 Å². The number of halogens is 1. The second-order valence-electron chi connectivity index (χ2n) is 5.94. The molecule has 3 aromatic rings. The fourth-order valence-corrected chi connectivity index (χ4v) is 2.59. The van der Waals surface area contributed by atoms with Crippen molar-refractivity contribution in [3.05, 3.63) is 105 Å². The lowest BCUT2D eigenvalue weighted by atomic mass is 10.2. The van der Waals surface area contributed by atoms with Gasteiger partial charge in [0.05, 0.1) is 16.7 Å². The molecule has 1 N–H and O–H groups in total. The fraction of sp³-hybridized carbons (Fsp3) is 0. The van der Waals surface area contributed by atoms with E-state index < -0.39 is 16.8 Å². The Bertz CT molecular complexity index is 1120. The van der Waals surface area contributed by atoms with Gasteiger partial charge in [0, 0.05) is 28.3 Å². The molecule has 0 heterocycles. The number of amides is 1. The van der Waals surface area contributed by atoms with Crippen molar-refractivity contribution in [2.24, 2.45) is 5.10 Å². The van der Waals surface area contributed by atoms with Gasteiger partial charge in [-0.3, -0.25) is 14.9 Å². The zero-order chi connectivity index (χ0) is 21.5. The first-order chi connectivity index (χ1) is 14.4. The van der Waals surface area contributed by atoms with Crippen LogP contribution in [0.2, 0.25) is 5.02 Å². The summed E-state index contributed by atoms with van der Waals surface area (Å²) in [6.45, 7) is 0. The highest BCUT2D eigenvalue weighted by molar-refractivity contribution is 6.31. The number of carbonyl (C=O) groups is 2. The molecule has 0 spiro atoms. The largest absolute Gasteiger partial charge is 0.422 e. The van der Waals surface area contributed by atoms with Gasteiger partial charge in [0.1, 0.15) is 5.75 Å². The van der Waals surface area contributed by atoms with Crippen LogP contribution in [0.4, 0.5) is 5.69 Å². The van der Waals surface area contributed by atoms with Gasteiger partial charge in [0.25, 0.3) is 11.6 Å². The normalized spacial score (nSPS) is 10.6. The van der Waals surface area contributed by atoms with Crippen LogP contribution in [0.5, 0.6) is 5.75 Å². The molecule has 9 heteroatoms. The third-order valence-electron chi connectivity index (χ3n) is 3.89. The summed E-state index contributed by atoms with van der Waals surface area (Å²) in [5.74, 6) is -0.907. The van der Waals surface area contributed by atoms with Gasteiger partial charge >= 0.3 is 5.97 Å². The van der Waals surface area contributed by atoms with Crippen molar-refractivity contribution in [2.45, 2.75) is 0 Å². The van der Waals surface area contributed by atoms with Gasteiger partial charge in [-0.05, 0) is 42.5 Å². The maximum atomic E-state index is 12.3. The molecule has 0 saturated heterocycles. The number of carbonyl (C=O) groups excluding carboxylic acids is 2. The summed E-state index contributed by atoms with van der Waals surface area (Å²) in [5.41, 5.74) is 3.12. The van der Waals surface area contributed by atoms with Crippen LogP contribution in [0.3, 0.4) is 0 Å². The van der Waals surface area contributed by atoms with E-state index in [0.29, 0.717) is 16.1 Å².